The highest BCUT2D eigenvalue weighted by Crippen LogP contribution is 2.21. The van der Waals surface area contributed by atoms with Crippen LogP contribution in [0, 0.1) is 0 Å². The molecule has 0 radical (unpaired) electrons. The Balaban J connectivity index is 2.54. The molecule has 0 aliphatic rings. The number of carbonyl (C=O) groups excluding carboxylic acids is 1. The molecule has 1 aromatic rings. The number of nitrogens with two attached hydrogens (primary N) is 1. The fourth-order valence-electron chi connectivity index (χ4n) is 1.54. The second kappa shape index (κ2) is 6.53. The zero-order chi connectivity index (χ0) is 13.7. The van der Waals surface area contributed by atoms with Crippen LogP contribution in [0.25, 0.3) is 0 Å². The maximum Gasteiger partial charge on any atom is 0.273 e. The van der Waals surface area contributed by atoms with Crippen molar-refractivity contribution < 1.29 is 9.00 Å². The highest BCUT2D eigenvalue weighted by Gasteiger charge is 2.18. The first kappa shape index (κ1) is 14.7. The Morgan fingerprint density at radius 1 is 1.56 bits per heavy atom. The predicted molar refractivity (Wildman–Crippen MR) is 73.0 cm³/mol. The van der Waals surface area contributed by atoms with Gasteiger partial charge in [0.1, 0.15) is 0 Å². The number of rotatable bonds is 6. The fraction of sp³-hybridized carbons (Fsp3) is 0.636. The van der Waals surface area contributed by atoms with Gasteiger partial charge in [-0.3, -0.25) is 14.1 Å². The van der Waals surface area contributed by atoms with E-state index in [-0.39, 0.29) is 17.5 Å². The van der Waals surface area contributed by atoms with Gasteiger partial charge >= 0.3 is 0 Å². The first-order chi connectivity index (χ1) is 8.43. The average molecular weight is 272 g/mol. The van der Waals surface area contributed by atoms with Gasteiger partial charge in [0.15, 0.2) is 5.69 Å². The summed E-state index contributed by atoms with van der Waals surface area (Å²) >= 11 is 0. The first-order valence-corrected chi connectivity index (χ1v) is 7.58. The molecule has 1 aromatic heterocycles. The third kappa shape index (κ3) is 3.83. The molecule has 7 heteroatoms. The molecule has 1 amide bonds. The number of anilines is 1. The number of amides is 1. The molecule has 1 unspecified atom stereocenters. The number of hydrogen-bond donors (Lipinski definition) is 3. The molecule has 0 aromatic carbocycles. The van der Waals surface area contributed by atoms with E-state index in [1.165, 1.54) is 0 Å². The third-order valence-corrected chi connectivity index (χ3v) is 3.38. The van der Waals surface area contributed by atoms with Crippen LogP contribution in [-0.4, -0.2) is 38.9 Å². The van der Waals surface area contributed by atoms with E-state index in [1.54, 1.807) is 6.26 Å². The minimum atomic E-state index is -0.829. The van der Waals surface area contributed by atoms with E-state index in [1.807, 2.05) is 13.8 Å². The van der Waals surface area contributed by atoms with Crippen LogP contribution in [0.4, 0.5) is 5.69 Å². The van der Waals surface area contributed by atoms with Gasteiger partial charge in [-0.1, -0.05) is 13.8 Å². The Morgan fingerprint density at radius 3 is 2.72 bits per heavy atom. The molecule has 1 rings (SSSR count). The molecule has 18 heavy (non-hydrogen) atoms. The van der Waals surface area contributed by atoms with Crippen molar-refractivity contribution >= 4 is 22.4 Å². The largest absolute Gasteiger partial charge is 0.395 e. The highest BCUT2D eigenvalue weighted by atomic mass is 32.2. The highest BCUT2D eigenvalue weighted by molar-refractivity contribution is 7.84. The van der Waals surface area contributed by atoms with Crippen LogP contribution in [0.5, 0.6) is 0 Å². The first-order valence-electron chi connectivity index (χ1n) is 5.85. The van der Waals surface area contributed by atoms with Gasteiger partial charge in [-0.15, -0.1) is 0 Å². The monoisotopic (exact) mass is 272 g/mol. The van der Waals surface area contributed by atoms with E-state index in [4.69, 9.17) is 5.73 Å². The molecular formula is C11H20N4O2S. The van der Waals surface area contributed by atoms with E-state index in [9.17, 15) is 9.00 Å². The number of nitrogens with one attached hydrogen (secondary N) is 2. The lowest BCUT2D eigenvalue weighted by atomic mass is 10.1. The number of aromatic amines is 1. The van der Waals surface area contributed by atoms with Crippen LogP contribution in [-0.2, 0) is 10.8 Å². The van der Waals surface area contributed by atoms with E-state index < -0.39 is 10.8 Å². The summed E-state index contributed by atoms with van der Waals surface area (Å²) in [4.78, 5) is 11.8. The zero-order valence-corrected chi connectivity index (χ0v) is 11.8. The summed E-state index contributed by atoms with van der Waals surface area (Å²) in [5.41, 5.74) is 7.26. The van der Waals surface area contributed by atoms with Crippen molar-refractivity contribution in [1.29, 1.82) is 0 Å². The van der Waals surface area contributed by atoms with Crippen molar-refractivity contribution in [3.05, 3.63) is 11.4 Å². The summed E-state index contributed by atoms with van der Waals surface area (Å²) in [6.45, 7) is 4.42. The molecule has 1 atom stereocenters. The van der Waals surface area contributed by atoms with Crippen molar-refractivity contribution in [2.45, 2.75) is 26.2 Å². The van der Waals surface area contributed by atoms with E-state index >= 15 is 0 Å². The fourth-order valence-corrected chi connectivity index (χ4v) is 2.09. The molecule has 0 fully saturated rings. The molecule has 0 bridgehead atoms. The van der Waals surface area contributed by atoms with Crippen molar-refractivity contribution in [3.63, 3.8) is 0 Å². The smallest absolute Gasteiger partial charge is 0.273 e. The van der Waals surface area contributed by atoms with Gasteiger partial charge in [-0.05, 0) is 12.3 Å². The normalized spacial score (nSPS) is 12.7. The van der Waals surface area contributed by atoms with Crippen molar-refractivity contribution in [1.82, 2.24) is 15.5 Å². The number of aromatic nitrogens is 2. The number of carbonyl (C=O) groups is 1. The standard InChI is InChI=1S/C11H20N4O2S/c1-7(2)9-8(12)10(15-14-9)11(16)13-5-4-6-18(3)17/h7H,4-6,12H2,1-3H3,(H,13,16)(H,14,15). The van der Waals surface area contributed by atoms with Crippen LogP contribution in [0.15, 0.2) is 0 Å². The lowest BCUT2D eigenvalue weighted by Gasteiger charge is -2.04. The minimum absolute atomic E-state index is 0.196. The summed E-state index contributed by atoms with van der Waals surface area (Å²) in [5.74, 6) is 0.479. The summed E-state index contributed by atoms with van der Waals surface area (Å²) in [6.07, 6.45) is 2.32. The molecule has 0 spiro atoms. The van der Waals surface area contributed by atoms with Crippen molar-refractivity contribution in [2.24, 2.45) is 0 Å². The van der Waals surface area contributed by atoms with Crippen LogP contribution < -0.4 is 11.1 Å². The lowest BCUT2D eigenvalue weighted by molar-refractivity contribution is 0.0949. The van der Waals surface area contributed by atoms with Crippen molar-refractivity contribution in [2.75, 3.05) is 24.3 Å². The Kier molecular flexibility index (Phi) is 5.33. The lowest BCUT2D eigenvalue weighted by Crippen LogP contribution is -2.26. The summed E-state index contributed by atoms with van der Waals surface area (Å²) in [7, 11) is -0.829. The quantitative estimate of drug-likeness (QED) is 0.660. The van der Waals surface area contributed by atoms with Gasteiger partial charge in [0.2, 0.25) is 0 Å². The molecule has 0 saturated heterocycles. The Labute approximate surface area is 109 Å². The summed E-state index contributed by atoms with van der Waals surface area (Å²) < 4.78 is 10.9. The SMILES string of the molecule is CC(C)c1[nH]nc(C(=O)NCCCS(C)=O)c1N. The Bertz CT molecular complexity index is 442. The van der Waals surface area contributed by atoms with Crippen LogP contribution >= 0.6 is 0 Å². The molecule has 4 N–H and O–H groups in total. The van der Waals surface area contributed by atoms with Gasteiger partial charge in [-0.25, -0.2) is 0 Å². The molecule has 6 nitrogen and oxygen atoms in total. The molecule has 0 aliphatic carbocycles. The molecular weight excluding hydrogens is 252 g/mol. The Morgan fingerprint density at radius 2 is 2.22 bits per heavy atom. The van der Waals surface area contributed by atoms with E-state index in [2.05, 4.69) is 15.5 Å². The van der Waals surface area contributed by atoms with Gasteiger partial charge in [0.05, 0.1) is 11.4 Å². The molecule has 0 saturated carbocycles. The van der Waals surface area contributed by atoms with Crippen LogP contribution in [0.1, 0.15) is 42.4 Å². The third-order valence-electron chi connectivity index (χ3n) is 2.52. The number of H-pyrrole nitrogens is 1. The Hall–Kier alpha value is -1.37. The topological polar surface area (TPSA) is 101 Å². The van der Waals surface area contributed by atoms with E-state index in [0.29, 0.717) is 24.4 Å². The second-order valence-corrected chi connectivity index (χ2v) is 6.00. The predicted octanol–water partition coefficient (Wildman–Crippen LogP) is 0.614. The maximum absolute atomic E-state index is 11.8. The van der Waals surface area contributed by atoms with Gasteiger partial charge in [0, 0.05) is 29.4 Å². The van der Waals surface area contributed by atoms with Crippen LogP contribution in [0.3, 0.4) is 0 Å². The number of hydrogen-bond acceptors (Lipinski definition) is 4. The average Bonchev–Trinajstić information content (AvgIpc) is 2.66. The number of nitrogens with zero attached hydrogens (tertiary/aromatic N) is 1. The molecule has 102 valence electrons. The van der Waals surface area contributed by atoms with Crippen molar-refractivity contribution in [3.8, 4) is 0 Å². The number of nitrogen functional groups attached to an aromatic ring is 1. The van der Waals surface area contributed by atoms with Gasteiger partial charge in [0.25, 0.3) is 5.91 Å². The second-order valence-electron chi connectivity index (χ2n) is 4.44. The zero-order valence-electron chi connectivity index (χ0n) is 10.9. The van der Waals surface area contributed by atoms with Gasteiger partial charge in [-0.2, -0.15) is 5.10 Å². The molecule has 1 heterocycles. The summed E-state index contributed by atoms with van der Waals surface area (Å²) in [6, 6.07) is 0. The van der Waals surface area contributed by atoms with Crippen LogP contribution in [0.2, 0.25) is 0 Å². The minimum Gasteiger partial charge on any atom is -0.395 e. The summed E-state index contributed by atoms with van der Waals surface area (Å²) in [5, 5.41) is 9.42. The van der Waals surface area contributed by atoms with E-state index in [0.717, 1.165) is 5.69 Å². The van der Waals surface area contributed by atoms with Gasteiger partial charge < -0.3 is 11.1 Å². The maximum atomic E-state index is 11.8. The molecule has 0 aliphatic heterocycles.